The summed E-state index contributed by atoms with van der Waals surface area (Å²) in [4.78, 5) is 9.40. The van der Waals surface area contributed by atoms with Crippen LogP contribution in [0.3, 0.4) is 0 Å². The van der Waals surface area contributed by atoms with Crippen LogP contribution in [0.4, 0.5) is 0 Å². The molecule has 2 rings (SSSR count). The summed E-state index contributed by atoms with van der Waals surface area (Å²) in [6.45, 7) is 12.2. The van der Waals surface area contributed by atoms with Gasteiger partial charge in [0.1, 0.15) is 0 Å². The number of nitrogens with zero attached hydrogens (tertiary/aromatic N) is 3. The highest BCUT2D eigenvalue weighted by atomic mass is 127. The second-order valence-electron chi connectivity index (χ2n) is 6.56. The molecule has 1 saturated heterocycles. The second kappa shape index (κ2) is 11.4. The van der Waals surface area contributed by atoms with E-state index in [1.807, 2.05) is 0 Å². The highest BCUT2D eigenvalue weighted by Crippen LogP contribution is 2.27. The maximum absolute atomic E-state index is 5.93. The van der Waals surface area contributed by atoms with Crippen molar-refractivity contribution in [1.29, 1.82) is 0 Å². The van der Waals surface area contributed by atoms with Gasteiger partial charge >= 0.3 is 0 Å². The lowest BCUT2D eigenvalue weighted by atomic mass is 10.3. The molecule has 1 heterocycles. The standard InChI is InChI=1S/C16H33N5O.HI/c1-14(2)21(15-4-5-15)9-7-19-16(17)18-6-3-8-20-10-12-22-13-11-20;/h14-15H,3-13H2,1-2H3,(H3,17,18,19);1H. The molecule has 2 aliphatic rings. The molecule has 0 aromatic heterocycles. The molecule has 3 N–H and O–H groups in total. The molecule has 0 aromatic carbocycles. The Kier molecular flexibility index (Phi) is 10.4. The van der Waals surface area contributed by atoms with Gasteiger partial charge in [-0.25, -0.2) is 0 Å². The van der Waals surface area contributed by atoms with E-state index in [-0.39, 0.29) is 24.0 Å². The Labute approximate surface area is 158 Å². The zero-order chi connectivity index (χ0) is 15.8. The van der Waals surface area contributed by atoms with Gasteiger partial charge in [0.2, 0.25) is 0 Å². The normalized spacial score (nSPS) is 19.9. The predicted molar refractivity (Wildman–Crippen MR) is 107 cm³/mol. The zero-order valence-corrected chi connectivity index (χ0v) is 17.0. The maximum atomic E-state index is 5.93. The fourth-order valence-electron chi connectivity index (χ4n) is 2.96. The van der Waals surface area contributed by atoms with Crippen molar-refractivity contribution >= 4 is 29.9 Å². The van der Waals surface area contributed by atoms with Crippen molar-refractivity contribution < 1.29 is 4.74 Å². The quantitative estimate of drug-likeness (QED) is 0.244. The molecule has 6 nitrogen and oxygen atoms in total. The molecule has 0 atom stereocenters. The molecule has 0 spiro atoms. The lowest BCUT2D eigenvalue weighted by Crippen LogP contribution is -2.42. The lowest BCUT2D eigenvalue weighted by Gasteiger charge is -2.26. The predicted octanol–water partition coefficient (Wildman–Crippen LogP) is 1.10. The van der Waals surface area contributed by atoms with E-state index in [4.69, 9.17) is 10.5 Å². The first-order chi connectivity index (χ1) is 10.7. The Bertz CT molecular complexity index is 341. The topological polar surface area (TPSA) is 66.1 Å². The molecule has 1 saturated carbocycles. The van der Waals surface area contributed by atoms with Crippen LogP contribution < -0.4 is 11.1 Å². The number of hydrogen-bond donors (Lipinski definition) is 2. The van der Waals surface area contributed by atoms with Gasteiger partial charge in [-0.3, -0.25) is 14.8 Å². The van der Waals surface area contributed by atoms with Gasteiger partial charge < -0.3 is 15.8 Å². The Morgan fingerprint density at radius 2 is 2.04 bits per heavy atom. The van der Waals surface area contributed by atoms with Gasteiger partial charge in [0, 0.05) is 51.4 Å². The van der Waals surface area contributed by atoms with Crippen molar-refractivity contribution in [1.82, 2.24) is 15.1 Å². The largest absolute Gasteiger partial charge is 0.379 e. The number of nitrogens with two attached hydrogens (primary N) is 1. The van der Waals surface area contributed by atoms with Crippen molar-refractivity contribution in [2.75, 3.05) is 52.5 Å². The van der Waals surface area contributed by atoms with E-state index in [2.05, 4.69) is 34.0 Å². The van der Waals surface area contributed by atoms with Gasteiger partial charge in [0.05, 0.1) is 13.2 Å². The van der Waals surface area contributed by atoms with Crippen LogP contribution in [0.1, 0.15) is 33.1 Å². The minimum atomic E-state index is 0. The van der Waals surface area contributed by atoms with E-state index in [9.17, 15) is 0 Å². The van der Waals surface area contributed by atoms with Crippen LogP contribution in [0.25, 0.3) is 0 Å². The molecule has 2 fully saturated rings. The van der Waals surface area contributed by atoms with E-state index < -0.39 is 0 Å². The third-order valence-electron chi connectivity index (χ3n) is 4.37. The lowest BCUT2D eigenvalue weighted by molar-refractivity contribution is 0.0377. The minimum absolute atomic E-state index is 0. The molecule has 0 amide bonds. The van der Waals surface area contributed by atoms with Crippen LogP contribution in [0.2, 0.25) is 0 Å². The van der Waals surface area contributed by atoms with E-state index >= 15 is 0 Å². The monoisotopic (exact) mass is 439 g/mol. The fraction of sp³-hybridized carbons (Fsp3) is 0.938. The van der Waals surface area contributed by atoms with Crippen molar-refractivity contribution in [3.05, 3.63) is 0 Å². The SMILES string of the molecule is CC(C)N(CCNC(N)=NCCCN1CCOCC1)C1CC1.I. The first kappa shape index (κ1) is 20.9. The molecular weight excluding hydrogens is 405 g/mol. The van der Waals surface area contributed by atoms with E-state index in [0.29, 0.717) is 12.0 Å². The number of morpholine rings is 1. The van der Waals surface area contributed by atoms with Crippen molar-refractivity contribution in [3.8, 4) is 0 Å². The summed E-state index contributed by atoms with van der Waals surface area (Å²) in [5, 5.41) is 3.24. The van der Waals surface area contributed by atoms with Crippen LogP contribution in [-0.4, -0.2) is 80.3 Å². The van der Waals surface area contributed by atoms with Crippen molar-refractivity contribution in [2.45, 2.75) is 45.2 Å². The summed E-state index contributed by atoms with van der Waals surface area (Å²) in [6, 6.07) is 1.41. The van der Waals surface area contributed by atoms with E-state index in [1.165, 1.54) is 12.8 Å². The number of halogens is 1. The highest BCUT2D eigenvalue weighted by molar-refractivity contribution is 14.0. The highest BCUT2D eigenvalue weighted by Gasteiger charge is 2.29. The molecule has 136 valence electrons. The molecule has 0 bridgehead atoms. The summed E-state index contributed by atoms with van der Waals surface area (Å²) in [6.07, 6.45) is 3.76. The van der Waals surface area contributed by atoms with Crippen LogP contribution in [-0.2, 0) is 4.74 Å². The molecule has 1 aliphatic heterocycles. The fourth-order valence-corrected chi connectivity index (χ4v) is 2.96. The second-order valence-corrected chi connectivity index (χ2v) is 6.56. The van der Waals surface area contributed by atoms with Gasteiger partial charge in [-0.15, -0.1) is 24.0 Å². The average molecular weight is 439 g/mol. The molecule has 1 aliphatic carbocycles. The summed E-state index contributed by atoms with van der Waals surface area (Å²) >= 11 is 0. The third-order valence-corrected chi connectivity index (χ3v) is 4.37. The number of hydrogen-bond acceptors (Lipinski definition) is 4. The van der Waals surface area contributed by atoms with Crippen molar-refractivity contribution in [3.63, 3.8) is 0 Å². The number of aliphatic imine (C=N–C) groups is 1. The molecule has 7 heteroatoms. The molecular formula is C16H34IN5O. The summed E-state index contributed by atoms with van der Waals surface area (Å²) in [5.41, 5.74) is 5.93. The van der Waals surface area contributed by atoms with E-state index in [0.717, 1.165) is 64.9 Å². The van der Waals surface area contributed by atoms with Gasteiger partial charge in [-0.2, -0.15) is 0 Å². The summed E-state index contributed by atoms with van der Waals surface area (Å²) in [7, 11) is 0. The molecule has 0 aromatic rings. The number of ether oxygens (including phenoxy) is 1. The van der Waals surface area contributed by atoms with E-state index in [1.54, 1.807) is 0 Å². The summed E-state index contributed by atoms with van der Waals surface area (Å²) in [5.74, 6) is 0.585. The Morgan fingerprint density at radius 1 is 1.35 bits per heavy atom. The summed E-state index contributed by atoms with van der Waals surface area (Å²) < 4.78 is 5.34. The van der Waals surface area contributed by atoms with Crippen LogP contribution in [0.15, 0.2) is 4.99 Å². The van der Waals surface area contributed by atoms with Crippen LogP contribution in [0.5, 0.6) is 0 Å². The Hall–Kier alpha value is -0.120. The Balaban J connectivity index is 0.00000264. The molecule has 23 heavy (non-hydrogen) atoms. The number of rotatable bonds is 9. The molecule has 0 radical (unpaired) electrons. The number of guanidine groups is 1. The third kappa shape index (κ3) is 8.51. The van der Waals surface area contributed by atoms with Gasteiger partial charge in [0.25, 0.3) is 0 Å². The first-order valence-electron chi connectivity index (χ1n) is 8.76. The van der Waals surface area contributed by atoms with Gasteiger partial charge in [-0.1, -0.05) is 0 Å². The van der Waals surface area contributed by atoms with Crippen LogP contribution >= 0.6 is 24.0 Å². The molecule has 0 unspecified atom stereocenters. The van der Waals surface area contributed by atoms with Crippen LogP contribution in [0, 0.1) is 0 Å². The minimum Gasteiger partial charge on any atom is -0.379 e. The smallest absolute Gasteiger partial charge is 0.188 e. The maximum Gasteiger partial charge on any atom is 0.188 e. The average Bonchev–Trinajstić information content (AvgIpc) is 3.33. The van der Waals surface area contributed by atoms with Gasteiger partial charge in [-0.05, 0) is 33.1 Å². The van der Waals surface area contributed by atoms with Crippen molar-refractivity contribution in [2.24, 2.45) is 10.7 Å². The number of nitrogens with one attached hydrogen (secondary N) is 1. The first-order valence-corrected chi connectivity index (χ1v) is 8.76. The zero-order valence-electron chi connectivity index (χ0n) is 14.7. The Morgan fingerprint density at radius 3 is 2.65 bits per heavy atom. The van der Waals surface area contributed by atoms with Gasteiger partial charge in [0.15, 0.2) is 5.96 Å².